The van der Waals surface area contributed by atoms with Crippen LogP contribution in [0.15, 0.2) is 10.6 Å². The Morgan fingerprint density at radius 2 is 2.31 bits per heavy atom. The zero-order valence-electron chi connectivity index (χ0n) is 8.46. The number of piperidine rings is 1. The van der Waals surface area contributed by atoms with E-state index < -0.39 is 0 Å². The number of allylic oxidation sites excluding steroid dienone is 1. The molecule has 13 heavy (non-hydrogen) atoms. The first-order valence-corrected chi connectivity index (χ1v) is 6.02. The molecule has 0 saturated carbocycles. The molecule has 2 rings (SSSR count). The summed E-state index contributed by atoms with van der Waals surface area (Å²) >= 11 is 3.68. The molecule has 0 aromatic rings. The van der Waals surface area contributed by atoms with Crippen molar-refractivity contribution in [2.24, 2.45) is 17.8 Å². The molecule has 0 bridgehead atoms. The van der Waals surface area contributed by atoms with Crippen LogP contribution >= 0.6 is 15.9 Å². The predicted octanol–water partition coefficient (Wildman–Crippen LogP) is 2.87. The van der Waals surface area contributed by atoms with Crippen LogP contribution in [0.4, 0.5) is 0 Å². The summed E-state index contributed by atoms with van der Waals surface area (Å²) in [5.74, 6) is 2.52. The van der Waals surface area contributed by atoms with E-state index in [2.05, 4.69) is 40.9 Å². The highest BCUT2D eigenvalue weighted by Gasteiger charge is 2.31. The number of rotatable bonds is 0. The maximum absolute atomic E-state index is 3.68. The van der Waals surface area contributed by atoms with Gasteiger partial charge in [0.15, 0.2) is 0 Å². The van der Waals surface area contributed by atoms with Crippen LogP contribution in [0, 0.1) is 17.8 Å². The van der Waals surface area contributed by atoms with E-state index in [0.29, 0.717) is 0 Å². The van der Waals surface area contributed by atoms with Gasteiger partial charge in [-0.25, -0.2) is 0 Å². The van der Waals surface area contributed by atoms with Gasteiger partial charge in [0.25, 0.3) is 0 Å². The maximum atomic E-state index is 3.68. The van der Waals surface area contributed by atoms with E-state index in [1.807, 2.05) is 0 Å². The summed E-state index contributed by atoms with van der Waals surface area (Å²) in [7, 11) is 2.23. The van der Waals surface area contributed by atoms with Crippen LogP contribution in [0.3, 0.4) is 0 Å². The second-order valence-electron chi connectivity index (χ2n) is 4.66. The molecule has 1 fully saturated rings. The van der Waals surface area contributed by atoms with Gasteiger partial charge in [0.1, 0.15) is 0 Å². The fourth-order valence-corrected chi connectivity index (χ4v) is 3.14. The monoisotopic (exact) mass is 243 g/mol. The predicted molar refractivity (Wildman–Crippen MR) is 59.9 cm³/mol. The maximum Gasteiger partial charge on any atom is 0.00444 e. The van der Waals surface area contributed by atoms with Crippen molar-refractivity contribution in [1.82, 2.24) is 4.90 Å². The summed E-state index contributed by atoms with van der Waals surface area (Å²) in [5, 5.41) is 0. The van der Waals surface area contributed by atoms with E-state index in [4.69, 9.17) is 0 Å². The number of nitrogens with zero attached hydrogens (tertiary/aromatic N) is 1. The minimum absolute atomic E-state index is 0.754. The highest BCUT2D eigenvalue weighted by Crippen LogP contribution is 2.39. The Labute approximate surface area is 89.3 Å². The Bertz CT molecular complexity index is 224. The number of fused-ring (bicyclic) bond motifs is 1. The highest BCUT2D eigenvalue weighted by atomic mass is 79.9. The van der Waals surface area contributed by atoms with E-state index in [0.717, 1.165) is 17.8 Å². The summed E-state index contributed by atoms with van der Waals surface area (Å²) in [6.45, 7) is 4.88. The standard InChI is InChI=1S/C11H18BrN/c1-8-5-9-3-4-13(2)7-10(9)6-11(8)12/h6,8-10H,3-5,7H2,1-2H3/t8-,9-,10+/m1/s1. The first-order chi connectivity index (χ1) is 6.16. The highest BCUT2D eigenvalue weighted by molar-refractivity contribution is 9.11. The molecule has 74 valence electrons. The molecule has 0 amide bonds. The third kappa shape index (κ3) is 1.99. The Morgan fingerprint density at radius 1 is 1.54 bits per heavy atom. The number of hydrogen-bond donors (Lipinski definition) is 0. The van der Waals surface area contributed by atoms with Crippen LogP contribution in [0.25, 0.3) is 0 Å². The summed E-state index contributed by atoms with van der Waals surface area (Å²) in [6, 6.07) is 0. The van der Waals surface area contributed by atoms with Crippen molar-refractivity contribution in [3.63, 3.8) is 0 Å². The van der Waals surface area contributed by atoms with E-state index in [9.17, 15) is 0 Å². The first-order valence-electron chi connectivity index (χ1n) is 5.22. The molecule has 0 aromatic carbocycles. The van der Waals surface area contributed by atoms with Gasteiger partial charge in [-0.2, -0.15) is 0 Å². The summed E-state index contributed by atoms with van der Waals surface area (Å²) in [6.07, 6.45) is 5.23. The van der Waals surface area contributed by atoms with Crippen LogP contribution in [0.5, 0.6) is 0 Å². The summed E-state index contributed by atoms with van der Waals surface area (Å²) in [4.78, 5) is 2.45. The molecule has 0 aromatic heterocycles. The van der Waals surface area contributed by atoms with E-state index in [1.165, 1.54) is 30.4 Å². The average Bonchev–Trinajstić information content (AvgIpc) is 2.08. The van der Waals surface area contributed by atoms with Crippen LogP contribution in [-0.2, 0) is 0 Å². The van der Waals surface area contributed by atoms with Crippen LogP contribution in [0.2, 0.25) is 0 Å². The van der Waals surface area contributed by atoms with Crippen molar-refractivity contribution in [2.45, 2.75) is 19.8 Å². The average molecular weight is 244 g/mol. The Hall–Kier alpha value is 0.180. The fraction of sp³-hybridized carbons (Fsp3) is 0.818. The Morgan fingerprint density at radius 3 is 3.08 bits per heavy atom. The van der Waals surface area contributed by atoms with Crippen LogP contribution in [0.1, 0.15) is 19.8 Å². The van der Waals surface area contributed by atoms with Gasteiger partial charge in [-0.1, -0.05) is 28.9 Å². The molecular formula is C11H18BrN. The second-order valence-corrected chi connectivity index (χ2v) is 5.58. The molecular weight excluding hydrogens is 226 g/mol. The molecule has 0 N–H and O–H groups in total. The third-order valence-electron chi connectivity index (χ3n) is 3.51. The lowest BCUT2D eigenvalue weighted by atomic mass is 9.76. The molecule has 1 aliphatic carbocycles. The van der Waals surface area contributed by atoms with Gasteiger partial charge in [-0.05, 0) is 48.7 Å². The van der Waals surface area contributed by atoms with E-state index >= 15 is 0 Å². The van der Waals surface area contributed by atoms with Gasteiger partial charge in [0.05, 0.1) is 0 Å². The minimum atomic E-state index is 0.754. The molecule has 0 spiro atoms. The smallest absolute Gasteiger partial charge is 0.00444 e. The Balaban J connectivity index is 2.11. The molecule has 2 aliphatic rings. The first kappa shape index (κ1) is 9.72. The normalized spacial score (nSPS) is 41.2. The number of halogens is 1. The molecule has 1 aliphatic heterocycles. The molecule has 1 saturated heterocycles. The Kier molecular flexibility index (Phi) is 2.80. The van der Waals surface area contributed by atoms with E-state index in [-0.39, 0.29) is 0 Å². The zero-order chi connectivity index (χ0) is 9.42. The molecule has 0 unspecified atom stereocenters. The third-order valence-corrected chi connectivity index (χ3v) is 4.56. The van der Waals surface area contributed by atoms with Gasteiger partial charge in [0.2, 0.25) is 0 Å². The van der Waals surface area contributed by atoms with Gasteiger partial charge in [0, 0.05) is 6.54 Å². The van der Waals surface area contributed by atoms with Crippen molar-refractivity contribution < 1.29 is 0 Å². The topological polar surface area (TPSA) is 3.24 Å². The van der Waals surface area contributed by atoms with Crippen molar-refractivity contribution >= 4 is 15.9 Å². The molecule has 2 heteroatoms. The van der Waals surface area contributed by atoms with Crippen molar-refractivity contribution in [3.8, 4) is 0 Å². The number of likely N-dealkylation sites (tertiary alicyclic amines) is 1. The molecule has 1 heterocycles. The lowest BCUT2D eigenvalue weighted by Crippen LogP contribution is -2.39. The summed E-state index contributed by atoms with van der Waals surface area (Å²) < 4.78 is 1.43. The molecule has 1 nitrogen and oxygen atoms in total. The van der Waals surface area contributed by atoms with Gasteiger partial charge in [-0.3, -0.25) is 0 Å². The quantitative estimate of drug-likeness (QED) is 0.633. The van der Waals surface area contributed by atoms with Crippen LogP contribution < -0.4 is 0 Å². The van der Waals surface area contributed by atoms with Gasteiger partial charge < -0.3 is 4.90 Å². The van der Waals surface area contributed by atoms with E-state index in [1.54, 1.807) is 0 Å². The van der Waals surface area contributed by atoms with Gasteiger partial charge in [-0.15, -0.1) is 0 Å². The second kappa shape index (κ2) is 3.74. The lowest BCUT2D eigenvalue weighted by molar-refractivity contribution is 0.149. The molecule has 0 radical (unpaired) electrons. The van der Waals surface area contributed by atoms with Crippen molar-refractivity contribution in [1.29, 1.82) is 0 Å². The number of hydrogen-bond acceptors (Lipinski definition) is 1. The zero-order valence-corrected chi connectivity index (χ0v) is 10.0. The summed E-state index contributed by atoms with van der Waals surface area (Å²) in [5.41, 5.74) is 0. The fourth-order valence-electron chi connectivity index (χ4n) is 2.62. The molecule has 3 atom stereocenters. The minimum Gasteiger partial charge on any atom is -0.306 e. The lowest BCUT2D eigenvalue weighted by Gasteiger charge is -2.39. The SMILES string of the molecule is C[C@@H]1C[C@H]2CCN(C)C[C@@H]2C=C1Br. The van der Waals surface area contributed by atoms with Crippen molar-refractivity contribution in [3.05, 3.63) is 10.6 Å². The van der Waals surface area contributed by atoms with Crippen molar-refractivity contribution in [2.75, 3.05) is 20.1 Å². The largest absolute Gasteiger partial charge is 0.306 e. The van der Waals surface area contributed by atoms with Crippen LogP contribution in [-0.4, -0.2) is 25.0 Å². The van der Waals surface area contributed by atoms with Gasteiger partial charge >= 0.3 is 0 Å².